The van der Waals surface area contributed by atoms with Crippen molar-refractivity contribution in [3.05, 3.63) is 42.7 Å². The predicted octanol–water partition coefficient (Wildman–Crippen LogP) is 3.25. The molecule has 2 bridgehead atoms. The molecule has 96 valence electrons. The van der Waals surface area contributed by atoms with Crippen LogP contribution in [0.1, 0.15) is 12.8 Å². The summed E-state index contributed by atoms with van der Waals surface area (Å²) in [7, 11) is 0. The Morgan fingerprint density at radius 3 is 2.74 bits per heavy atom. The molecule has 3 atom stereocenters. The van der Waals surface area contributed by atoms with E-state index < -0.39 is 0 Å². The molecule has 1 saturated carbocycles. The molecule has 0 spiro atoms. The quantitative estimate of drug-likeness (QED) is 0.851. The highest BCUT2D eigenvalue weighted by Gasteiger charge is 2.35. The average molecular weight is 251 g/mol. The molecule has 3 unspecified atom stereocenters. The van der Waals surface area contributed by atoms with E-state index >= 15 is 0 Å². The Balaban J connectivity index is 1.48. The number of rotatable bonds is 3. The lowest BCUT2D eigenvalue weighted by molar-refractivity contribution is 0.472. The van der Waals surface area contributed by atoms with Crippen LogP contribution in [0.4, 0.5) is 5.69 Å². The molecule has 2 aliphatic carbocycles. The standard InChI is InChI=1S/C16H17N3/c1-2-12-7-11(1)8-13(12)10-19-14-3-4-15-16(9-14)18-6-5-17-15/h1-6,9,11-13,19H,7-8,10H2. The summed E-state index contributed by atoms with van der Waals surface area (Å²) in [6.07, 6.45) is 11.0. The maximum Gasteiger partial charge on any atom is 0.0907 e. The summed E-state index contributed by atoms with van der Waals surface area (Å²) >= 11 is 0. The zero-order valence-electron chi connectivity index (χ0n) is 10.8. The van der Waals surface area contributed by atoms with Gasteiger partial charge in [-0.25, -0.2) is 0 Å². The summed E-state index contributed by atoms with van der Waals surface area (Å²) < 4.78 is 0. The summed E-state index contributed by atoms with van der Waals surface area (Å²) in [6, 6.07) is 6.22. The molecule has 1 aromatic carbocycles. The smallest absolute Gasteiger partial charge is 0.0907 e. The fourth-order valence-corrected chi connectivity index (χ4v) is 3.45. The van der Waals surface area contributed by atoms with Gasteiger partial charge in [-0.3, -0.25) is 9.97 Å². The van der Waals surface area contributed by atoms with Gasteiger partial charge in [0.15, 0.2) is 0 Å². The zero-order chi connectivity index (χ0) is 12.7. The van der Waals surface area contributed by atoms with Gasteiger partial charge in [-0.2, -0.15) is 0 Å². The van der Waals surface area contributed by atoms with Gasteiger partial charge in [0.25, 0.3) is 0 Å². The van der Waals surface area contributed by atoms with Crippen molar-refractivity contribution in [3.63, 3.8) is 0 Å². The Morgan fingerprint density at radius 2 is 1.95 bits per heavy atom. The molecule has 0 radical (unpaired) electrons. The first kappa shape index (κ1) is 11.0. The SMILES string of the molecule is C1=CC2CC1CC2CNc1ccc2nccnc2c1. The van der Waals surface area contributed by atoms with Crippen LogP contribution in [-0.2, 0) is 0 Å². The Kier molecular flexibility index (Phi) is 2.50. The molecule has 0 saturated heterocycles. The van der Waals surface area contributed by atoms with Gasteiger partial charge in [-0.1, -0.05) is 12.2 Å². The van der Waals surface area contributed by atoms with Crippen molar-refractivity contribution in [3.8, 4) is 0 Å². The summed E-state index contributed by atoms with van der Waals surface area (Å²) in [6.45, 7) is 1.07. The minimum absolute atomic E-state index is 0.799. The summed E-state index contributed by atoms with van der Waals surface area (Å²) in [4.78, 5) is 8.64. The fraction of sp³-hybridized carbons (Fsp3) is 0.375. The molecule has 3 heteroatoms. The highest BCUT2D eigenvalue weighted by atomic mass is 14.9. The van der Waals surface area contributed by atoms with Crippen LogP contribution >= 0.6 is 0 Å². The van der Waals surface area contributed by atoms with Crippen molar-refractivity contribution < 1.29 is 0 Å². The lowest BCUT2D eigenvalue weighted by Gasteiger charge is -2.19. The largest absolute Gasteiger partial charge is 0.385 e. The third kappa shape index (κ3) is 1.99. The van der Waals surface area contributed by atoms with Crippen LogP contribution in [0.25, 0.3) is 11.0 Å². The minimum atomic E-state index is 0.799. The van der Waals surface area contributed by atoms with E-state index in [0.717, 1.165) is 41.0 Å². The Hall–Kier alpha value is -1.90. The van der Waals surface area contributed by atoms with E-state index in [9.17, 15) is 0 Å². The number of aromatic nitrogens is 2. The molecule has 3 nitrogen and oxygen atoms in total. The van der Waals surface area contributed by atoms with Crippen LogP contribution in [0.15, 0.2) is 42.7 Å². The number of nitrogens with one attached hydrogen (secondary N) is 1. The second kappa shape index (κ2) is 4.34. The molecular weight excluding hydrogens is 234 g/mol. The normalized spacial score (nSPS) is 28.1. The molecule has 4 rings (SSSR count). The topological polar surface area (TPSA) is 37.8 Å². The molecule has 1 N–H and O–H groups in total. The van der Waals surface area contributed by atoms with E-state index in [2.05, 4.69) is 39.6 Å². The maximum absolute atomic E-state index is 4.35. The first-order valence-corrected chi connectivity index (χ1v) is 7.01. The Labute approximate surface area is 112 Å². The Bertz CT molecular complexity index is 635. The molecule has 1 heterocycles. The first-order chi connectivity index (χ1) is 9.38. The monoisotopic (exact) mass is 251 g/mol. The lowest BCUT2D eigenvalue weighted by atomic mass is 9.93. The lowest BCUT2D eigenvalue weighted by Crippen LogP contribution is -2.18. The second-order valence-electron chi connectivity index (χ2n) is 5.68. The first-order valence-electron chi connectivity index (χ1n) is 7.01. The van der Waals surface area contributed by atoms with Gasteiger partial charge in [0.05, 0.1) is 11.0 Å². The van der Waals surface area contributed by atoms with Crippen molar-refractivity contribution in [2.45, 2.75) is 12.8 Å². The molecule has 2 aliphatic rings. The molecule has 1 aromatic heterocycles. The van der Waals surface area contributed by atoms with E-state index in [1.54, 1.807) is 12.4 Å². The number of fused-ring (bicyclic) bond motifs is 3. The third-order valence-electron chi connectivity index (χ3n) is 4.45. The zero-order valence-corrected chi connectivity index (χ0v) is 10.8. The van der Waals surface area contributed by atoms with Crippen molar-refractivity contribution in [1.82, 2.24) is 9.97 Å². The number of benzene rings is 1. The molecule has 19 heavy (non-hydrogen) atoms. The van der Waals surface area contributed by atoms with Crippen LogP contribution in [0.2, 0.25) is 0 Å². The predicted molar refractivity (Wildman–Crippen MR) is 76.9 cm³/mol. The van der Waals surface area contributed by atoms with Gasteiger partial charge in [-0.05, 0) is 48.8 Å². The molecule has 0 amide bonds. The summed E-state index contributed by atoms with van der Waals surface area (Å²) in [5.74, 6) is 2.45. The van der Waals surface area contributed by atoms with Gasteiger partial charge < -0.3 is 5.32 Å². The molecule has 0 aliphatic heterocycles. The number of hydrogen-bond donors (Lipinski definition) is 1. The van der Waals surface area contributed by atoms with Gasteiger partial charge in [-0.15, -0.1) is 0 Å². The van der Waals surface area contributed by atoms with E-state index in [4.69, 9.17) is 0 Å². The van der Waals surface area contributed by atoms with Crippen LogP contribution < -0.4 is 5.32 Å². The van der Waals surface area contributed by atoms with Gasteiger partial charge >= 0.3 is 0 Å². The Morgan fingerprint density at radius 1 is 1.05 bits per heavy atom. The van der Waals surface area contributed by atoms with Crippen molar-refractivity contribution >= 4 is 16.7 Å². The number of allylic oxidation sites excluding steroid dienone is 2. The van der Waals surface area contributed by atoms with Crippen LogP contribution in [-0.4, -0.2) is 16.5 Å². The van der Waals surface area contributed by atoms with Crippen molar-refractivity contribution in [1.29, 1.82) is 0 Å². The molecule has 1 fully saturated rings. The number of anilines is 1. The van der Waals surface area contributed by atoms with Crippen LogP contribution in [0.3, 0.4) is 0 Å². The van der Waals surface area contributed by atoms with E-state index in [1.807, 2.05) is 6.07 Å². The number of nitrogens with zero attached hydrogens (tertiary/aromatic N) is 2. The fourth-order valence-electron chi connectivity index (χ4n) is 3.45. The minimum Gasteiger partial charge on any atom is -0.385 e. The average Bonchev–Trinajstić information content (AvgIpc) is 3.07. The molecule has 2 aromatic rings. The second-order valence-corrected chi connectivity index (χ2v) is 5.68. The van der Waals surface area contributed by atoms with E-state index in [1.165, 1.54) is 12.8 Å². The summed E-state index contributed by atoms with van der Waals surface area (Å²) in [5.41, 5.74) is 3.07. The van der Waals surface area contributed by atoms with E-state index in [0.29, 0.717) is 0 Å². The third-order valence-corrected chi connectivity index (χ3v) is 4.45. The van der Waals surface area contributed by atoms with Gasteiger partial charge in [0, 0.05) is 24.6 Å². The van der Waals surface area contributed by atoms with Gasteiger partial charge in [0.1, 0.15) is 0 Å². The van der Waals surface area contributed by atoms with Crippen molar-refractivity contribution in [2.24, 2.45) is 17.8 Å². The van der Waals surface area contributed by atoms with Crippen LogP contribution in [0.5, 0.6) is 0 Å². The molecular formula is C16H17N3. The van der Waals surface area contributed by atoms with Gasteiger partial charge in [0.2, 0.25) is 0 Å². The van der Waals surface area contributed by atoms with Crippen LogP contribution in [0, 0.1) is 17.8 Å². The maximum atomic E-state index is 4.35. The summed E-state index contributed by atoms with van der Waals surface area (Å²) in [5, 5.41) is 3.56. The highest BCUT2D eigenvalue weighted by molar-refractivity contribution is 5.78. The van der Waals surface area contributed by atoms with E-state index in [-0.39, 0.29) is 0 Å². The van der Waals surface area contributed by atoms with Crippen molar-refractivity contribution in [2.75, 3.05) is 11.9 Å². The highest BCUT2D eigenvalue weighted by Crippen LogP contribution is 2.43. The number of hydrogen-bond acceptors (Lipinski definition) is 3.